The lowest BCUT2D eigenvalue weighted by atomic mass is 10.1. The van der Waals surface area contributed by atoms with E-state index in [1.165, 1.54) is 10.5 Å². The van der Waals surface area contributed by atoms with Crippen LogP contribution in [0.5, 0.6) is 0 Å². The second kappa shape index (κ2) is 10.8. The normalized spacial score (nSPS) is 16.9. The van der Waals surface area contributed by atoms with Crippen molar-refractivity contribution in [2.24, 2.45) is 4.99 Å². The SMILES string of the molecule is CN(C)C(=O)CN=C(NCCc1ccccc1)N1CCC(NC(=O)OC(C)(C)C)C1. The largest absolute Gasteiger partial charge is 0.444 e. The molecule has 8 nitrogen and oxygen atoms in total. The predicted molar refractivity (Wildman–Crippen MR) is 118 cm³/mol. The van der Waals surface area contributed by atoms with Crippen molar-refractivity contribution in [2.45, 2.75) is 45.3 Å². The molecule has 2 rings (SSSR count). The number of likely N-dealkylation sites (N-methyl/N-ethyl adjacent to an activating group) is 1. The van der Waals surface area contributed by atoms with Crippen molar-refractivity contribution in [1.82, 2.24) is 20.4 Å². The highest BCUT2D eigenvalue weighted by Gasteiger charge is 2.28. The van der Waals surface area contributed by atoms with Crippen LogP contribution >= 0.6 is 0 Å². The second-order valence-corrected chi connectivity index (χ2v) is 8.67. The summed E-state index contributed by atoms with van der Waals surface area (Å²) in [5, 5.41) is 6.30. The van der Waals surface area contributed by atoms with E-state index in [-0.39, 0.29) is 18.5 Å². The summed E-state index contributed by atoms with van der Waals surface area (Å²) in [4.78, 5) is 32.2. The van der Waals surface area contributed by atoms with Crippen molar-refractivity contribution in [3.05, 3.63) is 35.9 Å². The van der Waals surface area contributed by atoms with Crippen molar-refractivity contribution in [2.75, 3.05) is 40.3 Å². The van der Waals surface area contributed by atoms with Crippen LogP contribution in [0.25, 0.3) is 0 Å². The second-order valence-electron chi connectivity index (χ2n) is 8.67. The molecule has 1 atom stereocenters. The average Bonchev–Trinajstić information content (AvgIpc) is 3.11. The van der Waals surface area contributed by atoms with Crippen LogP contribution in [0.1, 0.15) is 32.8 Å². The summed E-state index contributed by atoms with van der Waals surface area (Å²) < 4.78 is 5.35. The lowest BCUT2D eigenvalue weighted by molar-refractivity contribution is -0.127. The van der Waals surface area contributed by atoms with Gasteiger partial charge in [-0.25, -0.2) is 9.79 Å². The van der Waals surface area contributed by atoms with Gasteiger partial charge in [0.1, 0.15) is 12.1 Å². The first-order valence-electron chi connectivity index (χ1n) is 10.4. The summed E-state index contributed by atoms with van der Waals surface area (Å²) in [7, 11) is 3.44. The Bertz CT molecular complexity index is 728. The fourth-order valence-corrected chi connectivity index (χ4v) is 3.06. The molecule has 2 amide bonds. The summed E-state index contributed by atoms with van der Waals surface area (Å²) in [5.74, 6) is 0.634. The average molecular weight is 418 g/mol. The Labute approximate surface area is 179 Å². The molecule has 1 aromatic carbocycles. The highest BCUT2D eigenvalue weighted by atomic mass is 16.6. The van der Waals surface area contributed by atoms with E-state index < -0.39 is 11.7 Å². The van der Waals surface area contributed by atoms with Crippen LogP contribution < -0.4 is 10.6 Å². The van der Waals surface area contributed by atoms with Crippen LogP contribution in [0.15, 0.2) is 35.3 Å². The number of carbonyl (C=O) groups is 2. The lowest BCUT2D eigenvalue weighted by Gasteiger charge is -2.24. The molecule has 1 unspecified atom stereocenters. The first-order valence-corrected chi connectivity index (χ1v) is 10.4. The number of hydrogen-bond acceptors (Lipinski definition) is 4. The van der Waals surface area contributed by atoms with E-state index in [0.29, 0.717) is 19.0 Å². The van der Waals surface area contributed by atoms with Gasteiger partial charge in [0.2, 0.25) is 5.91 Å². The molecule has 1 aromatic rings. The quantitative estimate of drug-likeness (QED) is 0.545. The molecule has 0 bridgehead atoms. The number of rotatable bonds is 6. The van der Waals surface area contributed by atoms with E-state index in [1.54, 1.807) is 14.1 Å². The molecule has 1 aliphatic rings. The molecule has 0 saturated carbocycles. The standard InChI is InChI=1S/C22H35N5O3/c1-22(2,3)30-21(29)25-18-12-14-27(16-18)20(24-15-19(28)26(4)5)23-13-11-17-9-7-6-8-10-17/h6-10,18H,11-16H2,1-5H3,(H,23,24)(H,25,29). The molecule has 1 fully saturated rings. The maximum atomic E-state index is 12.1. The van der Waals surface area contributed by atoms with Crippen molar-refractivity contribution in [3.8, 4) is 0 Å². The Balaban J connectivity index is 1.95. The minimum atomic E-state index is -0.527. The molecule has 2 N–H and O–H groups in total. The van der Waals surface area contributed by atoms with E-state index in [4.69, 9.17) is 4.74 Å². The van der Waals surface area contributed by atoms with Crippen molar-refractivity contribution >= 4 is 18.0 Å². The third-order valence-electron chi connectivity index (χ3n) is 4.61. The van der Waals surface area contributed by atoms with E-state index in [2.05, 4.69) is 32.7 Å². The van der Waals surface area contributed by atoms with Gasteiger partial charge in [-0.2, -0.15) is 0 Å². The van der Waals surface area contributed by atoms with Crippen LogP contribution in [-0.2, 0) is 16.0 Å². The Morgan fingerprint density at radius 2 is 1.93 bits per heavy atom. The van der Waals surface area contributed by atoms with Crippen LogP contribution in [0.3, 0.4) is 0 Å². The number of nitrogens with one attached hydrogen (secondary N) is 2. The summed E-state index contributed by atoms with van der Waals surface area (Å²) in [6.45, 7) is 7.69. The van der Waals surface area contributed by atoms with Gasteiger partial charge in [-0.1, -0.05) is 30.3 Å². The van der Waals surface area contributed by atoms with Gasteiger partial charge in [0, 0.05) is 33.7 Å². The Kier molecular flexibility index (Phi) is 8.50. The van der Waals surface area contributed by atoms with E-state index in [0.717, 1.165) is 19.4 Å². The minimum Gasteiger partial charge on any atom is -0.444 e. The van der Waals surface area contributed by atoms with Gasteiger partial charge < -0.3 is 25.2 Å². The smallest absolute Gasteiger partial charge is 0.407 e. The number of alkyl carbamates (subject to hydrolysis) is 1. The number of ether oxygens (including phenoxy) is 1. The first kappa shape index (κ1) is 23.5. The van der Waals surface area contributed by atoms with Gasteiger partial charge in [-0.15, -0.1) is 0 Å². The Morgan fingerprint density at radius 3 is 2.57 bits per heavy atom. The third-order valence-corrected chi connectivity index (χ3v) is 4.61. The third kappa shape index (κ3) is 8.31. The van der Waals surface area contributed by atoms with Gasteiger partial charge in [0.25, 0.3) is 0 Å². The minimum absolute atomic E-state index is 0.0227. The molecule has 30 heavy (non-hydrogen) atoms. The topological polar surface area (TPSA) is 86.3 Å². The van der Waals surface area contributed by atoms with Crippen LogP contribution in [0.4, 0.5) is 4.79 Å². The van der Waals surface area contributed by atoms with Gasteiger partial charge in [-0.05, 0) is 39.2 Å². The zero-order chi connectivity index (χ0) is 22.1. The highest BCUT2D eigenvalue weighted by molar-refractivity contribution is 5.85. The van der Waals surface area contributed by atoms with Gasteiger partial charge in [0.15, 0.2) is 5.96 Å². The first-order chi connectivity index (χ1) is 14.1. The zero-order valence-electron chi connectivity index (χ0n) is 18.8. The van der Waals surface area contributed by atoms with Gasteiger partial charge in [0.05, 0.1) is 6.04 Å². The number of aliphatic imine (C=N–C) groups is 1. The van der Waals surface area contributed by atoms with E-state index in [1.807, 2.05) is 39.0 Å². The van der Waals surface area contributed by atoms with Crippen LogP contribution in [-0.4, -0.2) is 79.7 Å². The number of guanidine groups is 1. The summed E-state index contributed by atoms with van der Waals surface area (Å²) in [6.07, 6.45) is 1.24. The Hall–Kier alpha value is -2.77. The zero-order valence-corrected chi connectivity index (χ0v) is 18.8. The summed E-state index contributed by atoms with van der Waals surface area (Å²) in [5.41, 5.74) is 0.708. The van der Waals surface area contributed by atoms with Crippen molar-refractivity contribution in [3.63, 3.8) is 0 Å². The number of likely N-dealkylation sites (tertiary alicyclic amines) is 1. The molecule has 0 aliphatic carbocycles. The monoisotopic (exact) mass is 417 g/mol. The predicted octanol–water partition coefficient (Wildman–Crippen LogP) is 1.86. The highest BCUT2D eigenvalue weighted by Crippen LogP contribution is 2.12. The molecule has 0 spiro atoms. The fraction of sp³-hybridized carbons (Fsp3) is 0.591. The number of amides is 2. The number of carbonyl (C=O) groups excluding carboxylic acids is 2. The molecule has 166 valence electrons. The molecular weight excluding hydrogens is 382 g/mol. The van der Waals surface area contributed by atoms with Crippen LogP contribution in [0.2, 0.25) is 0 Å². The number of hydrogen-bond donors (Lipinski definition) is 2. The van der Waals surface area contributed by atoms with Gasteiger partial charge in [-0.3, -0.25) is 4.79 Å². The maximum Gasteiger partial charge on any atom is 0.407 e. The maximum absolute atomic E-state index is 12.1. The lowest BCUT2D eigenvalue weighted by Crippen LogP contribution is -2.45. The van der Waals surface area contributed by atoms with Crippen LogP contribution in [0, 0.1) is 0 Å². The number of nitrogens with zero attached hydrogens (tertiary/aromatic N) is 3. The van der Waals surface area contributed by atoms with E-state index >= 15 is 0 Å². The van der Waals surface area contributed by atoms with Crippen molar-refractivity contribution in [1.29, 1.82) is 0 Å². The summed E-state index contributed by atoms with van der Waals surface area (Å²) >= 11 is 0. The molecule has 1 heterocycles. The van der Waals surface area contributed by atoms with Gasteiger partial charge >= 0.3 is 6.09 Å². The molecule has 1 saturated heterocycles. The Morgan fingerprint density at radius 1 is 1.23 bits per heavy atom. The fourth-order valence-electron chi connectivity index (χ4n) is 3.06. The van der Waals surface area contributed by atoms with E-state index in [9.17, 15) is 9.59 Å². The molecular formula is C22H35N5O3. The molecule has 0 aromatic heterocycles. The summed E-state index contributed by atoms with van der Waals surface area (Å²) in [6, 6.07) is 10.2. The molecule has 1 aliphatic heterocycles. The van der Waals surface area contributed by atoms with Crippen molar-refractivity contribution < 1.29 is 14.3 Å². The number of benzene rings is 1. The molecule has 8 heteroatoms. The molecule has 0 radical (unpaired) electrons.